The normalized spacial score (nSPS) is 10.9. The van der Waals surface area contributed by atoms with Gasteiger partial charge in [0, 0.05) is 5.56 Å². The van der Waals surface area contributed by atoms with Gasteiger partial charge in [-0.2, -0.15) is 5.26 Å². The minimum absolute atomic E-state index is 0.410. The average Bonchev–Trinajstić information content (AvgIpc) is 2.40. The average molecular weight is 221 g/mol. The van der Waals surface area contributed by atoms with Crippen LogP contribution < -0.4 is 5.73 Å². The highest BCUT2D eigenvalue weighted by atomic mass is 14.9. The molecule has 17 heavy (non-hydrogen) atoms. The number of rotatable bonds is 2. The third kappa shape index (κ3) is 2.50. The predicted molar refractivity (Wildman–Crippen MR) is 68.0 cm³/mol. The van der Waals surface area contributed by atoms with E-state index in [1.165, 1.54) is 0 Å². The zero-order valence-electron chi connectivity index (χ0n) is 9.17. The van der Waals surface area contributed by atoms with E-state index in [0.29, 0.717) is 17.1 Å². The molecule has 0 atom stereocenters. The second-order valence-corrected chi connectivity index (χ2v) is 3.49. The first kappa shape index (κ1) is 10.9. The van der Waals surface area contributed by atoms with Gasteiger partial charge in [0.25, 0.3) is 0 Å². The van der Waals surface area contributed by atoms with Crippen molar-refractivity contribution in [3.05, 3.63) is 65.7 Å². The summed E-state index contributed by atoms with van der Waals surface area (Å²) in [7, 11) is 0. The minimum atomic E-state index is 0.410. The molecule has 0 aliphatic heterocycles. The quantitative estimate of drug-likeness (QED) is 0.625. The standard InChI is InChI=1S/C14H11N3/c15-10-12-8-4-5-9-13(12)17-14(16)11-6-2-1-3-7-11/h1-9H,(H2,16,17). The minimum Gasteiger partial charge on any atom is -0.383 e. The van der Waals surface area contributed by atoms with Crippen molar-refractivity contribution in [2.45, 2.75) is 0 Å². The van der Waals surface area contributed by atoms with Gasteiger partial charge in [-0.1, -0.05) is 42.5 Å². The summed E-state index contributed by atoms with van der Waals surface area (Å²) in [6, 6.07) is 18.7. The topological polar surface area (TPSA) is 62.2 Å². The summed E-state index contributed by atoms with van der Waals surface area (Å²) in [5.41, 5.74) is 7.85. The number of hydrogen-bond acceptors (Lipinski definition) is 2. The molecular formula is C14H11N3. The molecule has 3 heteroatoms. The first-order valence-corrected chi connectivity index (χ1v) is 5.20. The molecule has 0 saturated heterocycles. The van der Waals surface area contributed by atoms with Gasteiger partial charge in [-0.05, 0) is 12.1 Å². The summed E-state index contributed by atoms with van der Waals surface area (Å²) < 4.78 is 0. The fourth-order valence-electron chi connectivity index (χ4n) is 1.47. The number of benzene rings is 2. The maximum Gasteiger partial charge on any atom is 0.131 e. The molecule has 2 rings (SSSR count). The largest absolute Gasteiger partial charge is 0.383 e. The van der Waals surface area contributed by atoms with E-state index >= 15 is 0 Å². The van der Waals surface area contributed by atoms with E-state index in [1.54, 1.807) is 18.2 Å². The molecule has 2 aromatic carbocycles. The summed E-state index contributed by atoms with van der Waals surface area (Å²) in [4.78, 5) is 4.27. The lowest BCUT2D eigenvalue weighted by molar-refractivity contribution is 1.41. The Bertz CT molecular complexity index is 580. The van der Waals surface area contributed by atoms with Crippen LogP contribution in [0.1, 0.15) is 11.1 Å². The first-order chi connectivity index (χ1) is 8.31. The van der Waals surface area contributed by atoms with E-state index < -0.39 is 0 Å². The number of aliphatic imine (C=N–C) groups is 1. The van der Waals surface area contributed by atoms with Crippen LogP contribution in [0.15, 0.2) is 59.6 Å². The third-order valence-electron chi connectivity index (χ3n) is 2.33. The van der Waals surface area contributed by atoms with Crippen LogP contribution >= 0.6 is 0 Å². The van der Waals surface area contributed by atoms with Crippen molar-refractivity contribution >= 4 is 11.5 Å². The molecule has 0 amide bonds. The molecule has 0 heterocycles. The molecule has 0 radical (unpaired) electrons. The highest BCUT2D eigenvalue weighted by Crippen LogP contribution is 2.18. The van der Waals surface area contributed by atoms with Gasteiger partial charge < -0.3 is 5.73 Å². The van der Waals surface area contributed by atoms with Crippen LogP contribution in [0, 0.1) is 11.3 Å². The summed E-state index contributed by atoms with van der Waals surface area (Å²) >= 11 is 0. The SMILES string of the molecule is N#Cc1ccccc1N=C(N)c1ccccc1. The van der Waals surface area contributed by atoms with Crippen molar-refractivity contribution in [2.75, 3.05) is 0 Å². The molecule has 0 fully saturated rings. The Morgan fingerprint density at radius 2 is 1.65 bits per heavy atom. The Labute approximate surface area is 99.8 Å². The lowest BCUT2D eigenvalue weighted by Gasteiger charge is -2.01. The van der Waals surface area contributed by atoms with Crippen LogP contribution in [0.25, 0.3) is 0 Å². The van der Waals surface area contributed by atoms with Gasteiger partial charge in [-0.25, -0.2) is 4.99 Å². The second-order valence-electron chi connectivity index (χ2n) is 3.49. The molecule has 3 nitrogen and oxygen atoms in total. The highest BCUT2D eigenvalue weighted by Gasteiger charge is 2.01. The molecule has 0 saturated carbocycles. The van der Waals surface area contributed by atoms with Gasteiger partial charge in [-0.15, -0.1) is 0 Å². The first-order valence-electron chi connectivity index (χ1n) is 5.20. The zero-order chi connectivity index (χ0) is 12.1. The fraction of sp³-hybridized carbons (Fsp3) is 0. The Kier molecular flexibility index (Phi) is 3.18. The number of amidine groups is 1. The highest BCUT2D eigenvalue weighted by molar-refractivity contribution is 5.99. The van der Waals surface area contributed by atoms with E-state index in [-0.39, 0.29) is 0 Å². The van der Waals surface area contributed by atoms with E-state index in [1.807, 2.05) is 36.4 Å². The van der Waals surface area contributed by atoms with E-state index in [0.717, 1.165) is 5.56 Å². The smallest absolute Gasteiger partial charge is 0.131 e. The van der Waals surface area contributed by atoms with Gasteiger partial charge in [0.1, 0.15) is 11.9 Å². The monoisotopic (exact) mass is 221 g/mol. The van der Waals surface area contributed by atoms with Gasteiger partial charge in [-0.3, -0.25) is 0 Å². The van der Waals surface area contributed by atoms with Gasteiger partial charge in [0.15, 0.2) is 0 Å². The number of nitriles is 1. The van der Waals surface area contributed by atoms with Crippen LogP contribution in [0.4, 0.5) is 5.69 Å². The Morgan fingerprint density at radius 1 is 1.00 bits per heavy atom. The summed E-state index contributed by atoms with van der Waals surface area (Å²) in [6.07, 6.45) is 0. The van der Waals surface area contributed by atoms with Gasteiger partial charge in [0.2, 0.25) is 0 Å². The van der Waals surface area contributed by atoms with E-state index in [9.17, 15) is 0 Å². The van der Waals surface area contributed by atoms with Crippen LogP contribution in [-0.2, 0) is 0 Å². The van der Waals surface area contributed by atoms with E-state index in [2.05, 4.69) is 11.1 Å². The maximum atomic E-state index is 8.94. The molecule has 0 unspecified atom stereocenters. The molecule has 0 aliphatic rings. The van der Waals surface area contributed by atoms with Crippen molar-refractivity contribution in [1.82, 2.24) is 0 Å². The number of para-hydroxylation sites is 1. The molecule has 0 spiro atoms. The summed E-state index contributed by atoms with van der Waals surface area (Å²) in [5, 5.41) is 8.94. The second kappa shape index (κ2) is 4.95. The van der Waals surface area contributed by atoms with E-state index in [4.69, 9.17) is 11.0 Å². The Hall–Kier alpha value is -2.60. The zero-order valence-corrected chi connectivity index (χ0v) is 9.17. The number of nitrogens with zero attached hydrogens (tertiary/aromatic N) is 2. The summed E-state index contributed by atoms with van der Waals surface area (Å²) in [5.74, 6) is 0.410. The summed E-state index contributed by atoms with van der Waals surface area (Å²) in [6.45, 7) is 0. The molecule has 0 bridgehead atoms. The van der Waals surface area contributed by atoms with Gasteiger partial charge in [0.05, 0.1) is 11.3 Å². The molecule has 0 aliphatic carbocycles. The third-order valence-corrected chi connectivity index (χ3v) is 2.33. The van der Waals surface area contributed by atoms with Crippen LogP contribution in [-0.4, -0.2) is 5.84 Å². The van der Waals surface area contributed by atoms with Crippen molar-refractivity contribution in [2.24, 2.45) is 10.7 Å². The number of nitrogens with two attached hydrogens (primary N) is 1. The predicted octanol–water partition coefficient (Wildman–Crippen LogP) is 2.60. The molecular weight excluding hydrogens is 210 g/mol. The molecule has 0 aromatic heterocycles. The van der Waals surface area contributed by atoms with Crippen molar-refractivity contribution in [1.29, 1.82) is 5.26 Å². The van der Waals surface area contributed by atoms with Crippen molar-refractivity contribution in [3.8, 4) is 6.07 Å². The van der Waals surface area contributed by atoms with Crippen LogP contribution in [0.5, 0.6) is 0 Å². The lowest BCUT2D eigenvalue weighted by Crippen LogP contribution is -2.12. The maximum absolute atomic E-state index is 8.94. The lowest BCUT2D eigenvalue weighted by atomic mass is 10.2. The number of hydrogen-bond donors (Lipinski definition) is 1. The molecule has 82 valence electrons. The Morgan fingerprint density at radius 3 is 2.35 bits per heavy atom. The van der Waals surface area contributed by atoms with Crippen molar-refractivity contribution in [3.63, 3.8) is 0 Å². The van der Waals surface area contributed by atoms with Crippen LogP contribution in [0.2, 0.25) is 0 Å². The molecule has 2 N–H and O–H groups in total. The Balaban J connectivity index is 2.41. The van der Waals surface area contributed by atoms with Crippen LogP contribution in [0.3, 0.4) is 0 Å². The molecule has 2 aromatic rings. The van der Waals surface area contributed by atoms with Gasteiger partial charge >= 0.3 is 0 Å². The fourth-order valence-corrected chi connectivity index (χ4v) is 1.47. The van der Waals surface area contributed by atoms with Crippen molar-refractivity contribution < 1.29 is 0 Å².